The molecule has 0 atom stereocenters. The van der Waals surface area contributed by atoms with E-state index in [0.717, 1.165) is 0 Å². The fourth-order valence-electron chi connectivity index (χ4n) is 5.59. The summed E-state index contributed by atoms with van der Waals surface area (Å²) in [5.74, 6) is 0.825. The van der Waals surface area contributed by atoms with Crippen LogP contribution in [0.25, 0.3) is 0 Å². The lowest BCUT2D eigenvalue weighted by molar-refractivity contribution is -0.164. The third-order valence-electron chi connectivity index (χ3n) is 7.62. The molecule has 1 heterocycles. The summed E-state index contributed by atoms with van der Waals surface area (Å²) < 4.78 is 28.1. The Morgan fingerprint density at radius 3 is 2.05 bits per heavy atom. The number of ether oxygens (including phenoxy) is 5. The van der Waals surface area contributed by atoms with Gasteiger partial charge in [0, 0.05) is 55.5 Å². The van der Waals surface area contributed by atoms with Gasteiger partial charge in [0.05, 0.1) is 69.0 Å². The van der Waals surface area contributed by atoms with E-state index in [1.807, 2.05) is 11.9 Å². The Balaban J connectivity index is 1.38. The number of nitrogens with zero attached hydrogens (tertiary/aromatic N) is 4. The molecular weight excluding hydrogens is 588 g/mol. The molecule has 0 unspecified atom stereocenters. The third-order valence-corrected chi connectivity index (χ3v) is 7.93. The van der Waals surface area contributed by atoms with Crippen molar-refractivity contribution in [2.75, 3.05) is 77.9 Å². The molecule has 0 bridgehead atoms. The first-order valence-electron chi connectivity index (χ1n) is 14.7. The van der Waals surface area contributed by atoms with Crippen LogP contribution in [0.15, 0.2) is 30.6 Å². The average molecular weight is 633 g/mol. The second kappa shape index (κ2) is 16.9. The number of hydrogen-bond acceptors (Lipinski definition) is 11. The highest BCUT2D eigenvalue weighted by Crippen LogP contribution is 2.55. The zero-order valence-corrected chi connectivity index (χ0v) is 27.1. The van der Waals surface area contributed by atoms with Crippen LogP contribution in [0.2, 0.25) is 5.02 Å². The molecule has 13 heteroatoms. The van der Waals surface area contributed by atoms with E-state index < -0.39 is 0 Å². The van der Waals surface area contributed by atoms with Crippen LogP contribution >= 0.6 is 11.6 Å². The van der Waals surface area contributed by atoms with Crippen LogP contribution < -0.4 is 20.7 Å². The van der Waals surface area contributed by atoms with Gasteiger partial charge < -0.3 is 39.6 Å². The number of nitriles is 1. The van der Waals surface area contributed by atoms with Gasteiger partial charge in [0.25, 0.3) is 5.91 Å². The molecule has 0 radical (unpaired) electrons. The van der Waals surface area contributed by atoms with E-state index in [-0.39, 0.29) is 28.9 Å². The van der Waals surface area contributed by atoms with Crippen molar-refractivity contribution in [3.8, 4) is 11.8 Å². The maximum Gasteiger partial charge on any atom is 0.254 e. The maximum atomic E-state index is 13.2. The normalized spacial score (nSPS) is 18.2. The Hall–Kier alpha value is -3.05. The molecule has 1 aromatic carbocycles. The number of halogens is 1. The van der Waals surface area contributed by atoms with E-state index in [2.05, 4.69) is 49.0 Å². The van der Waals surface area contributed by atoms with E-state index >= 15 is 0 Å². The summed E-state index contributed by atoms with van der Waals surface area (Å²) in [5, 5.41) is 12.6. The third kappa shape index (κ3) is 9.47. The number of carbonyl (C=O) groups is 1. The quantitative estimate of drug-likeness (QED) is 0.220. The zero-order valence-electron chi connectivity index (χ0n) is 26.3. The van der Waals surface area contributed by atoms with Crippen molar-refractivity contribution >= 4 is 23.5 Å². The average Bonchev–Trinajstić information content (AvgIpc) is 3.00. The summed E-state index contributed by atoms with van der Waals surface area (Å²) in [6, 6.07) is 6.91. The second-order valence-electron chi connectivity index (χ2n) is 11.7. The summed E-state index contributed by atoms with van der Waals surface area (Å²) in [7, 11) is 1.87. The topological polar surface area (TPSA) is 154 Å². The van der Waals surface area contributed by atoms with Crippen molar-refractivity contribution in [2.24, 2.45) is 16.6 Å². The lowest BCUT2D eigenvalue weighted by atomic mass is 9.49. The largest absolute Gasteiger partial charge is 0.489 e. The molecule has 3 rings (SSSR count). The number of nitrogens with one attached hydrogen (secondary N) is 1. The number of benzene rings is 1. The highest BCUT2D eigenvalue weighted by atomic mass is 35.5. The fraction of sp³-hybridized carbons (Fsp3) is 0.613. The molecule has 1 aliphatic carbocycles. The number of nitrogens with two attached hydrogens (primary N) is 1. The first-order chi connectivity index (χ1) is 21.0. The minimum Gasteiger partial charge on any atom is -0.489 e. The lowest BCUT2D eigenvalue weighted by Gasteiger charge is -2.63. The first-order valence-corrected chi connectivity index (χ1v) is 15.1. The molecule has 0 saturated heterocycles. The number of carbonyl (C=O) groups excluding carboxylic acids is 1. The number of rotatable bonds is 19. The second-order valence-corrected chi connectivity index (χ2v) is 12.1. The molecule has 1 saturated carbocycles. The Morgan fingerprint density at radius 2 is 1.52 bits per heavy atom. The Kier molecular flexibility index (Phi) is 13.6. The number of hydrogen-bond donors (Lipinski definition) is 2. The Morgan fingerprint density at radius 1 is 0.977 bits per heavy atom. The van der Waals surface area contributed by atoms with E-state index in [4.69, 9.17) is 46.3 Å². The van der Waals surface area contributed by atoms with Gasteiger partial charge in [0.1, 0.15) is 17.9 Å². The molecule has 1 aromatic heterocycles. The standard InChI is InChI=1S/C31H45ClN6O6/c1-30(2)27(31(3,4)28(30)44-24-7-6-22(19-34)25(32)18-24)37-26(39)23-20-35-29(36-21-23)38(5)9-11-41-13-15-43-17-16-42-14-12-40-10-8-33/h6-7,18,20-21,27-28H,8-17,33H2,1-5H3,(H,37,39)/t27-,28-. The van der Waals surface area contributed by atoms with Crippen molar-refractivity contribution in [1.82, 2.24) is 15.3 Å². The fourth-order valence-corrected chi connectivity index (χ4v) is 5.81. The summed E-state index contributed by atoms with van der Waals surface area (Å²) in [6.45, 7) is 13.3. The van der Waals surface area contributed by atoms with Crippen LogP contribution in [-0.2, 0) is 18.9 Å². The van der Waals surface area contributed by atoms with Gasteiger partial charge in [-0.25, -0.2) is 9.97 Å². The van der Waals surface area contributed by atoms with Gasteiger partial charge in [-0.05, 0) is 12.1 Å². The van der Waals surface area contributed by atoms with Crippen molar-refractivity contribution in [3.63, 3.8) is 0 Å². The molecule has 0 aliphatic heterocycles. The van der Waals surface area contributed by atoms with Gasteiger partial charge in [0.2, 0.25) is 5.95 Å². The summed E-state index contributed by atoms with van der Waals surface area (Å²) >= 11 is 6.19. The van der Waals surface area contributed by atoms with Gasteiger partial charge in [-0.3, -0.25) is 4.79 Å². The zero-order chi connectivity index (χ0) is 32.2. The molecule has 3 N–H and O–H groups in total. The maximum absolute atomic E-state index is 13.2. The first kappa shape index (κ1) is 35.4. The molecule has 2 aromatic rings. The van der Waals surface area contributed by atoms with E-state index in [0.29, 0.717) is 93.8 Å². The summed E-state index contributed by atoms with van der Waals surface area (Å²) in [6.07, 6.45) is 2.86. The van der Waals surface area contributed by atoms with Crippen LogP contribution in [0.5, 0.6) is 5.75 Å². The van der Waals surface area contributed by atoms with Crippen LogP contribution in [0.3, 0.4) is 0 Å². The summed E-state index contributed by atoms with van der Waals surface area (Å²) in [4.78, 5) is 23.8. The number of amides is 1. The van der Waals surface area contributed by atoms with Gasteiger partial charge >= 0.3 is 0 Å². The van der Waals surface area contributed by atoms with Gasteiger partial charge in [-0.2, -0.15) is 5.26 Å². The number of anilines is 1. The van der Waals surface area contributed by atoms with E-state index in [1.165, 1.54) is 12.4 Å². The van der Waals surface area contributed by atoms with E-state index in [1.54, 1.807) is 18.2 Å². The molecular formula is C31H45ClN6O6. The molecule has 1 fully saturated rings. The highest BCUT2D eigenvalue weighted by molar-refractivity contribution is 6.31. The molecule has 1 amide bonds. The number of likely N-dealkylation sites (N-methyl/N-ethyl adjacent to an activating group) is 1. The SMILES string of the molecule is CN(CCOCCOCCOCCOCCN)c1ncc(C(=O)N[C@H]2C(C)(C)[C@H](Oc3ccc(C#N)c(Cl)c3)C2(C)C)cn1. The lowest BCUT2D eigenvalue weighted by Crippen LogP contribution is -2.74. The van der Waals surface area contributed by atoms with Crippen LogP contribution in [0.1, 0.15) is 43.6 Å². The van der Waals surface area contributed by atoms with Crippen molar-refractivity contribution in [1.29, 1.82) is 5.26 Å². The van der Waals surface area contributed by atoms with Gasteiger partial charge in [-0.1, -0.05) is 39.3 Å². The van der Waals surface area contributed by atoms with Crippen LogP contribution in [0, 0.1) is 22.2 Å². The smallest absolute Gasteiger partial charge is 0.254 e. The molecule has 44 heavy (non-hydrogen) atoms. The molecule has 0 spiro atoms. The van der Waals surface area contributed by atoms with Crippen LogP contribution in [-0.4, -0.2) is 101 Å². The van der Waals surface area contributed by atoms with E-state index in [9.17, 15) is 4.79 Å². The van der Waals surface area contributed by atoms with Crippen molar-refractivity contribution < 1.29 is 28.5 Å². The predicted molar refractivity (Wildman–Crippen MR) is 167 cm³/mol. The van der Waals surface area contributed by atoms with Gasteiger partial charge in [0.15, 0.2) is 0 Å². The van der Waals surface area contributed by atoms with Crippen molar-refractivity contribution in [2.45, 2.75) is 39.8 Å². The number of aromatic nitrogens is 2. The molecule has 12 nitrogen and oxygen atoms in total. The summed E-state index contributed by atoms with van der Waals surface area (Å²) in [5.41, 5.74) is 5.36. The molecule has 242 valence electrons. The Bertz CT molecular complexity index is 1220. The minimum absolute atomic E-state index is 0.168. The monoisotopic (exact) mass is 632 g/mol. The van der Waals surface area contributed by atoms with Crippen molar-refractivity contribution in [3.05, 3.63) is 46.7 Å². The molecule has 1 aliphatic rings. The van der Waals surface area contributed by atoms with Gasteiger partial charge in [-0.15, -0.1) is 0 Å². The Labute approximate surface area is 265 Å². The predicted octanol–water partition coefficient (Wildman–Crippen LogP) is 3.07. The van der Waals surface area contributed by atoms with Crippen LogP contribution in [0.4, 0.5) is 5.95 Å². The minimum atomic E-state index is -0.376. The highest BCUT2D eigenvalue weighted by Gasteiger charge is 2.64.